The van der Waals surface area contributed by atoms with E-state index in [2.05, 4.69) is 4.98 Å². The Hall–Kier alpha value is -2.36. The van der Waals surface area contributed by atoms with Crippen molar-refractivity contribution < 1.29 is 14.3 Å². The van der Waals surface area contributed by atoms with Crippen molar-refractivity contribution in [2.75, 3.05) is 0 Å². The van der Waals surface area contributed by atoms with Crippen LogP contribution in [0, 0.1) is 6.92 Å². The number of aromatic nitrogens is 1. The fraction of sp³-hybridized carbons (Fsp3) is 0.0769. The van der Waals surface area contributed by atoms with Gasteiger partial charge in [0.05, 0.1) is 16.5 Å². The van der Waals surface area contributed by atoms with Gasteiger partial charge in [0.15, 0.2) is 0 Å². The maximum absolute atomic E-state index is 11.4. The average Bonchev–Trinajstić information content (AvgIpc) is 2.64. The van der Waals surface area contributed by atoms with Crippen molar-refractivity contribution in [2.24, 2.45) is 0 Å². The Morgan fingerprint density at radius 1 is 1.29 bits per heavy atom. The first-order valence-corrected chi connectivity index (χ1v) is 5.19. The lowest BCUT2D eigenvalue weighted by Gasteiger charge is -2.02. The molecule has 0 aliphatic heterocycles. The zero-order valence-electron chi connectivity index (χ0n) is 9.10. The molecule has 1 aromatic carbocycles. The molecule has 84 valence electrons. The van der Waals surface area contributed by atoms with E-state index < -0.39 is 5.97 Å². The highest BCUT2D eigenvalue weighted by Gasteiger charge is 2.17. The summed E-state index contributed by atoms with van der Waals surface area (Å²) in [4.78, 5) is 15.7. The van der Waals surface area contributed by atoms with Gasteiger partial charge in [0.25, 0.3) is 0 Å². The molecule has 3 rings (SSSR count). The number of nitrogens with zero attached hydrogens (tertiary/aromatic N) is 1. The van der Waals surface area contributed by atoms with Crippen LogP contribution in [0.15, 0.2) is 34.7 Å². The molecule has 0 aliphatic carbocycles. The van der Waals surface area contributed by atoms with Crippen LogP contribution in [-0.2, 0) is 0 Å². The molecule has 0 unspecified atom stereocenters. The highest BCUT2D eigenvalue weighted by atomic mass is 16.4. The number of hydrogen-bond acceptors (Lipinski definition) is 3. The third-order valence-corrected chi connectivity index (χ3v) is 2.71. The third-order valence-electron chi connectivity index (χ3n) is 2.71. The minimum atomic E-state index is -0.964. The minimum Gasteiger partial charge on any atom is -0.478 e. The van der Waals surface area contributed by atoms with Crippen LogP contribution in [-0.4, -0.2) is 16.1 Å². The summed E-state index contributed by atoms with van der Waals surface area (Å²) in [6.07, 6.45) is 0. The summed E-state index contributed by atoms with van der Waals surface area (Å²) in [7, 11) is 0. The van der Waals surface area contributed by atoms with Crippen LogP contribution >= 0.6 is 0 Å². The molecular formula is C13H9NO3. The summed E-state index contributed by atoms with van der Waals surface area (Å²) in [5, 5.41) is 10.5. The topological polar surface area (TPSA) is 63.3 Å². The summed E-state index contributed by atoms with van der Waals surface area (Å²) in [5.74, 6) is -0.306. The van der Waals surface area contributed by atoms with Gasteiger partial charge >= 0.3 is 5.97 Å². The largest absolute Gasteiger partial charge is 0.478 e. The number of carboxylic acid groups (broad SMARTS) is 1. The van der Waals surface area contributed by atoms with Gasteiger partial charge in [-0.15, -0.1) is 0 Å². The SMILES string of the molecule is Cc1cc2c(C(=O)O)c3ccccc3nc2o1. The molecule has 4 nitrogen and oxygen atoms in total. The second-order valence-electron chi connectivity index (χ2n) is 3.88. The quantitative estimate of drug-likeness (QED) is 0.694. The van der Waals surface area contributed by atoms with Gasteiger partial charge in [-0.25, -0.2) is 9.78 Å². The highest BCUT2D eigenvalue weighted by Crippen LogP contribution is 2.28. The van der Waals surface area contributed by atoms with E-state index in [-0.39, 0.29) is 5.56 Å². The number of carbonyl (C=O) groups is 1. The number of benzene rings is 1. The van der Waals surface area contributed by atoms with E-state index >= 15 is 0 Å². The maximum atomic E-state index is 11.4. The van der Waals surface area contributed by atoms with E-state index in [0.717, 1.165) is 0 Å². The van der Waals surface area contributed by atoms with E-state index in [4.69, 9.17) is 4.42 Å². The Balaban J connectivity index is 2.60. The van der Waals surface area contributed by atoms with Crippen molar-refractivity contribution in [1.29, 1.82) is 0 Å². The fourth-order valence-electron chi connectivity index (χ4n) is 2.03. The van der Waals surface area contributed by atoms with Gasteiger partial charge in [0, 0.05) is 5.39 Å². The molecule has 0 spiro atoms. The Morgan fingerprint density at radius 2 is 2.06 bits per heavy atom. The molecule has 2 aromatic heterocycles. The summed E-state index contributed by atoms with van der Waals surface area (Å²) < 4.78 is 5.39. The highest BCUT2D eigenvalue weighted by molar-refractivity contribution is 6.12. The Kier molecular flexibility index (Phi) is 1.92. The molecule has 0 bridgehead atoms. The molecule has 0 saturated heterocycles. The Morgan fingerprint density at radius 3 is 2.82 bits per heavy atom. The minimum absolute atomic E-state index is 0.252. The molecule has 3 aromatic rings. The van der Waals surface area contributed by atoms with Crippen LogP contribution in [0.25, 0.3) is 22.0 Å². The van der Waals surface area contributed by atoms with Crippen LogP contribution in [0.1, 0.15) is 16.1 Å². The van der Waals surface area contributed by atoms with E-state index in [1.165, 1.54) is 0 Å². The zero-order valence-corrected chi connectivity index (χ0v) is 9.10. The molecule has 0 amide bonds. The fourth-order valence-corrected chi connectivity index (χ4v) is 2.03. The molecule has 0 radical (unpaired) electrons. The Labute approximate surface area is 96.5 Å². The second-order valence-corrected chi connectivity index (χ2v) is 3.88. The van der Waals surface area contributed by atoms with Gasteiger partial charge < -0.3 is 9.52 Å². The van der Waals surface area contributed by atoms with Crippen molar-refractivity contribution >= 4 is 28.0 Å². The van der Waals surface area contributed by atoms with Crippen LogP contribution in [0.3, 0.4) is 0 Å². The summed E-state index contributed by atoms with van der Waals surface area (Å²) in [6, 6.07) is 8.86. The number of furan rings is 1. The molecule has 0 saturated carbocycles. The summed E-state index contributed by atoms with van der Waals surface area (Å²) in [5.41, 5.74) is 1.26. The number of rotatable bonds is 1. The van der Waals surface area contributed by atoms with Crippen molar-refractivity contribution in [3.63, 3.8) is 0 Å². The zero-order chi connectivity index (χ0) is 12.0. The number of fused-ring (bicyclic) bond motifs is 2. The monoisotopic (exact) mass is 227 g/mol. The first kappa shape index (κ1) is 9.84. The van der Waals surface area contributed by atoms with E-state index in [1.54, 1.807) is 31.2 Å². The van der Waals surface area contributed by atoms with Crippen LogP contribution in [0.4, 0.5) is 0 Å². The molecule has 1 N–H and O–H groups in total. The predicted molar refractivity (Wildman–Crippen MR) is 63.2 cm³/mol. The first-order valence-electron chi connectivity index (χ1n) is 5.19. The average molecular weight is 227 g/mol. The predicted octanol–water partition coefficient (Wildman–Crippen LogP) is 2.99. The number of aryl methyl sites for hydroxylation is 1. The van der Waals surface area contributed by atoms with Gasteiger partial charge in [-0.1, -0.05) is 18.2 Å². The molecule has 0 atom stereocenters. The molecular weight excluding hydrogens is 218 g/mol. The smallest absolute Gasteiger partial charge is 0.337 e. The molecule has 0 aliphatic rings. The van der Waals surface area contributed by atoms with Gasteiger partial charge in [-0.05, 0) is 19.1 Å². The number of pyridine rings is 1. The normalized spacial score (nSPS) is 11.1. The van der Waals surface area contributed by atoms with Crippen LogP contribution in [0.2, 0.25) is 0 Å². The lowest BCUT2D eigenvalue weighted by atomic mass is 10.1. The van der Waals surface area contributed by atoms with Gasteiger partial charge in [-0.3, -0.25) is 0 Å². The van der Waals surface area contributed by atoms with Crippen LogP contribution < -0.4 is 0 Å². The number of carboxylic acids is 1. The summed E-state index contributed by atoms with van der Waals surface area (Å²) >= 11 is 0. The van der Waals surface area contributed by atoms with Gasteiger partial charge in [-0.2, -0.15) is 0 Å². The molecule has 0 fully saturated rings. The first-order chi connectivity index (χ1) is 8.16. The number of hydrogen-bond donors (Lipinski definition) is 1. The third kappa shape index (κ3) is 1.38. The van der Waals surface area contributed by atoms with E-state index in [0.29, 0.717) is 27.8 Å². The molecule has 4 heteroatoms. The van der Waals surface area contributed by atoms with E-state index in [1.807, 2.05) is 6.07 Å². The van der Waals surface area contributed by atoms with Gasteiger partial charge in [0.2, 0.25) is 5.71 Å². The second kappa shape index (κ2) is 3.31. The number of para-hydroxylation sites is 1. The van der Waals surface area contributed by atoms with Gasteiger partial charge in [0.1, 0.15) is 5.76 Å². The van der Waals surface area contributed by atoms with Crippen molar-refractivity contribution in [3.8, 4) is 0 Å². The van der Waals surface area contributed by atoms with Crippen LogP contribution in [0.5, 0.6) is 0 Å². The van der Waals surface area contributed by atoms with Crippen molar-refractivity contribution in [2.45, 2.75) is 6.92 Å². The van der Waals surface area contributed by atoms with Crippen molar-refractivity contribution in [3.05, 3.63) is 41.7 Å². The number of aromatic carboxylic acids is 1. The lowest BCUT2D eigenvalue weighted by molar-refractivity contribution is 0.0701. The van der Waals surface area contributed by atoms with E-state index in [9.17, 15) is 9.90 Å². The molecule has 2 heterocycles. The lowest BCUT2D eigenvalue weighted by Crippen LogP contribution is -1.99. The van der Waals surface area contributed by atoms with Crippen molar-refractivity contribution in [1.82, 2.24) is 4.98 Å². The standard InChI is InChI=1S/C13H9NO3/c1-7-6-9-11(13(15)16)8-4-2-3-5-10(8)14-12(9)17-7/h2-6H,1H3,(H,15,16). The molecule has 17 heavy (non-hydrogen) atoms. The Bertz CT molecular complexity index is 743. The maximum Gasteiger partial charge on any atom is 0.337 e. The summed E-state index contributed by atoms with van der Waals surface area (Å²) in [6.45, 7) is 1.78.